The predicted molar refractivity (Wildman–Crippen MR) is 90.0 cm³/mol. The first kappa shape index (κ1) is 19.4. The predicted octanol–water partition coefficient (Wildman–Crippen LogP) is -1.53. The Bertz CT molecular complexity index is 540. The molecule has 0 radical (unpaired) electrons. The van der Waals surface area contributed by atoms with Gasteiger partial charge in [-0.2, -0.15) is 5.10 Å². The second kappa shape index (κ2) is 8.87. The molecular formula is C14H21N3O5S. The third kappa shape index (κ3) is 5.50. The Hall–Kier alpha value is -1.62. The van der Waals surface area contributed by atoms with Gasteiger partial charge in [0.05, 0.1) is 18.5 Å². The zero-order chi connectivity index (χ0) is 17.6. The minimum atomic E-state index is -1.74. The molecule has 1 aromatic rings. The second-order valence-corrected chi connectivity index (χ2v) is 5.39. The van der Waals surface area contributed by atoms with E-state index in [2.05, 4.69) is 5.10 Å². The molecule has 0 fully saturated rings. The Morgan fingerprint density at radius 1 is 1.22 bits per heavy atom. The van der Waals surface area contributed by atoms with Gasteiger partial charge in [0.1, 0.15) is 24.4 Å². The number of aryl methyl sites for hydroxylation is 1. The lowest BCUT2D eigenvalue weighted by Gasteiger charge is -2.24. The van der Waals surface area contributed by atoms with E-state index in [0.717, 1.165) is 11.8 Å². The van der Waals surface area contributed by atoms with Crippen LogP contribution >= 0.6 is 12.2 Å². The number of hydrogen-bond acceptors (Lipinski definition) is 7. The number of hydrazone groups is 1. The first-order valence-corrected chi connectivity index (χ1v) is 7.22. The number of nitrogens with two attached hydrogens (primary N) is 1. The zero-order valence-corrected chi connectivity index (χ0v) is 13.3. The molecule has 1 rings (SSSR count). The summed E-state index contributed by atoms with van der Waals surface area (Å²) in [4.78, 5) is 0. The van der Waals surface area contributed by atoms with Crippen LogP contribution < -0.4 is 10.7 Å². The molecule has 23 heavy (non-hydrogen) atoms. The van der Waals surface area contributed by atoms with Crippen molar-refractivity contribution in [1.82, 2.24) is 0 Å². The minimum Gasteiger partial charge on any atom is -0.394 e. The fourth-order valence-electron chi connectivity index (χ4n) is 1.70. The van der Waals surface area contributed by atoms with Crippen molar-refractivity contribution in [3.8, 4) is 0 Å². The molecule has 8 nitrogen and oxygen atoms in total. The van der Waals surface area contributed by atoms with E-state index in [1.54, 1.807) is 12.1 Å². The van der Waals surface area contributed by atoms with Gasteiger partial charge in [-0.1, -0.05) is 17.7 Å². The molecule has 9 heteroatoms. The summed E-state index contributed by atoms with van der Waals surface area (Å²) in [6, 6.07) is 7.09. The van der Waals surface area contributed by atoms with E-state index < -0.39 is 31.0 Å². The van der Waals surface area contributed by atoms with Gasteiger partial charge in [-0.3, -0.25) is 0 Å². The smallest absolute Gasteiger partial charge is 0.191 e. The molecule has 0 amide bonds. The average molecular weight is 343 g/mol. The first-order chi connectivity index (χ1) is 10.8. The van der Waals surface area contributed by atoms with Crippen LogP contribution in [0.5, 0.6) is 0 Å². The van der Waals surface area contributed by atoms with Crippen molar-refractivity contribution in [2.75, 3.05) is 11.6 Å². The van der Waals surface area contributed by atoms with Gasteiger partial charge in [0.15, 0.2) is 5.11 Å². The SMILES string of the molecule is Cc1ccc(N(N=C[C@H](O)[C@@H](O)[C@H](O)[C@H](O)CO)C(N)=S)cc1. The van der Waals surface area contributed by atoms with E-state index in [9.17, 15) is 20.4 Å². The first-order valence-electron chi connectivity index (χ1n) is 6.81. The maximum Gasteiger partial charge on any atom is 0.191 e. The maximum atomic E-state index is 9.79. The Balaban J connectivity index is 2.85. The Labute approximate surface area is 139 Å². The number of hydrogen-bond donors (Lipinski definition) is 6. The Morgan fingerprint density at radius 2 is 1.78 bits per heavy atom. The van der Waals surface area contributed by atoms with Crippen LogP contribution in [-0.2, 0) is 0 Å². The highest BCUT2D eigenvalue weighted by molar-refractivity contribution is 7.80. The van der Waals surface area contributed by atoms with Crippen LogP contribution in [0, 0.1) is 6.92 Å². The molecule has 0 unspecified atom stereocenters. The van der Waals surface area contributed by atoms with E-state index in [1.165, 1.54) is 5.01 Å². The van der Waals surface area contributed by atoms with Gasteiger partial charge >= 0.3 is 0 Å². The lowest BCUT2D eigenvalue weighted by atomic mass is 10.0. The van der Waals surface area contributed by atoms with E-state index in [1.807, 2.05) is 19.1 Å². The Morgan fingerprint density at radius 3 is 2.26 bits per heavy atom. The molecule has 0 bridgehead atoms. The topological polar surface area (TPSA) is 143 Å². The molecule has 7 N–H and O–H groups in total. The summed E-state index contributed by atoms with van der Waals surface area (Å²) in [5, 5.41) is 52.0. The normalized spacial score (nSPS) is 16.8. The summed E-state index contributed by atoms with van der Waals surface area (Å²) in [5.74, 6) is 0. The molecular weight excluding hydrogens is 322 g/mol. The summed E-state index contributed by atoms with van der Waals surface area (Å²) in [7, 11) is 0. The molecule has 4 atom stereocenters. The lowest BCUT2D eigenvalue weighted by molar-refractivity contribution is -0.0999. The quantitative estimate of drug-likeness (QED) is 0.199. The fourth-order valence-corrected chi connectivity index (χ4v) is 1.85. The second-order valence-electron chi connectivity index (χ2n) is 4.97. The van der Waals surface area contributed by atoms with Crippen molar-refractivity contribution in [2.24, 2.45) is 10.8 Å². The summed E-state index contributed by atoms with van der Waals surface area (Å²) in [6.07, 6.45) is -5.74. The lowest BCUT2D eigenvalue weighted by Crippen LogP contribution is -2.46. The monoisotopic (exact) mass is 343 g/mol. The maximum absolute atomic E-state index is 9.79. The molecule has 0 aromatic heterocycles. The van der Waals surface area contributed by atoms with Crippen LogP contribution in [0.2, 0.25) is 0 Å². The Kier molecular flexibility index (Phi) is 7.49. The third-order valence-corrected chi connectivity index (χ3v) is 3.28. The largest absolute Gasteiger partial charge is 0.394 e. The number of thiocarbonyl (C=S) groups is 1. The standard InChI is InChI=1S/C14H21N3O5S/c1-8-2-4-9(5-3-8)17(14(15)23)16-6-10(19)12(21)13(22)11(20)7-18/h2-6,10-13,18-22H,7H2,1H3,(H2,15,23)/t10-,11+,12+,13+/m0/s1. The number of anilines is 1. The highest BCUT2D eigenvalue weighted by Gasteiger charge is 2.29. The molecule has 0 aliphatic rings. The summed E-state index contributed by atoms with van der Waals surface area (Å²) in [5.41, 5.74) is 7.15. The zero-order valence-electron chi connectivity index (χ0n) is 12.5. The average Bonchev–Trinajstić information content (AvgIpc) is 2.53. The molecule has 0 aliphatic heterocycles. The van der Waals surface area contributed by atoms with Crippen LogP contribution in [0.1, 0.15) is 5.56 Å². The van der Waals surface area contributed by atoms with Crippen molar-refractivity contribution in [3.05, 3.63) is 29.8 Å². The van der Waals surface area contributed by atoms with Gasteiger partial charge in [-0.15, -0.1) is 0 Å². The van der Waals surface area contributed by atoms with Gasteiger partial charge in [0.25, 0.3) is 0 Å². The van der Waals surface area contributed by atoms with Crippen LogP contribution in [0.15, 0.2) is 29.4 Å². The van der Waals surface area contributed by atoms with Crippen molar-refractivity contribution >= 4 is 29.2 Å². The number of aliphatic hydroxyl groups excluding tert-OH is 5. The van der Waals surface area contributed by atoms with Crippen molar-refractivity contribution < 1.29 is 25.5 Å². The molecule has 0 saturated carbocycles. The number of rotatable bonds is 7. The van der Waals surface area contributed by atoms with E-state index in [4.69, 9.17) is 23.1 Å². The highest BCUT2D eigenvalue weighted by Crippen LogP contribution is 2.15. The summed E-state index contributed by atoms with van der Waals surface area (Å²) in [6.45, 7) is 1.15. The van der Waals surface area contributed by atoms with Gasteiger partial charge < -0.3 is 31.3 Å². The van der Waals surface area contributed by atoms with E-state index in [-0.39, 0.29) is 5.11 Å². The number of aliphatic hydroxyl groups is 5. The van der Waals surface area contributed by atoms with Gasteiger partial charge in [0, 0.05) is 0 Å². The van der Waals surface area contributed by atoms with Crippen molar-refractivity contribution in [2.45, 2.75) is 31.3 Å². The van der Waals surface area contributed by atoms with Crippen LogP contribution in [0.4, 0.5) is 5.69 Å². The molecule has 0 heterocycles. The summed E-state index contributed by atoms with van der Waals surface area (Å²) >= 11 is 4.88. The van der Waals surface area contributed by atoms with Crippen LogP contribution in [0.25, 0.3) is 0 Å². The molecule has 0 saturated heterocycles. The summed E-state index contributed by atoms with van der Waals surface area (Å²) < 4.78 is 0. The molecule has 0 spiro atoms. The van der Waals surface area contributed by atoms with E-state index >= 15 is 0 Å². The molecule has 0 aliphatic carbocycles. The number of benzene rings is 1. The van der Waals surface area contributed by atoms with Crippen molar-refractivity contribution in [3.63, 3.8) is 0 Å². The highest BCUT2D eigenvalue weighted by atomic mass is 32.1. The fraction of sp³-hybridized carbons (Fsp3) is 0.429. The van der Waals surface area contributed by atoms with Gasteiger partial charge in [-0.25, -0.2) is 5.01 Å². The third-order valence-electron chi connectivity index (χ3n) is 3.10. The molecule has 1 aromatic carbocycles. The van der Waals surface area contributed by atoms with Crippen LogP contribution in [-0.4, -0.2) is 67.9 Å². The van der Waals surface area contributed by atoms with E-state index in [0.29, 0.717) is 5.69 Å². The van der Waals surface area contributed by atoms with Gasteiger partial charge in [-0.05, 0) is 31.3 Å². The number of nitrogens with zero attached hydrogens (tertiary/aromatic N) is 2. The van der Waals surface area contributed by atoms with Gasteiger partial charge in [0.2, 0.25) is 0 Å². The minimum absolute atomic E-state index is 0.0808. The molecule has 128 valence electrons. The van der Waals surface area contributed by atoms with Crippen LogP contribution in [0.3, 0.4) is 0 Å². The van der Waals surface area contributed by atoms with Crippen molar-refractivity contribution in [1.29, 1.82) is 0 Å².